The third-order valence-electron chi connectivity index (χ3n) is 4.13. The maximum Gasteiger partial charge on any atom is 0.205 e. The van der Waals surface area contributed by atoms with Crippen molar-refractivity contribution in [2.24, 2.45) is 5.73 Å². The van der Waals surface area contributed by atoms with Gasteiger partial charge in [0.25, 0.3) is 0 Å². The second-order valence-corrected chi connectivity index (χ2v) is 5.51. The first-order valence-electron chi connectivity index (χ1n) is 7.73. The van der Waals surface area contributed by atoms with Gasteiger partial charge in [-0.1, -0.05) is 18.2 Å². The van der Waals surface area contributed by atoms with Crippen LogP contribution >= 0.6 is 0 Å². The van der Waals surface area contributed by atoms with Crippen LogP contribution in [-0.4, -0.2) is 12.4 Å². The number of allylic oxidation sites excluding steroid dienone is 3. The molecule has 0 bridgehead atoms. The minimum Gasteiger partial charge on any atom is -0.494 e. The molecule has 0 saturated carbocycles. The number of hydrogen-bond acceptors (Lipinski definition) is 5. The Morgan fingerprint density at radius 2 is 2.17 bits per heavy atom. The van der Waals surface area contributed by atoms with Gasteiger partial charge >= 0.3 is 0 Å². The number of para-hydroxylation sites is 1. The van der Waals surface area contributed by atoms with Gasteiger partial charge in [0.15, 0.2) is 5.78 Å². The van der Waals surface area contributed by atoms with Crippen LogP contribution in [0.3, 0.4) is 0 Å². The Bertz CT molecular complexity index is 756. The van der Waals surface area contributed by atoms with Gasteiger partial charge < -0.3 is 15.2 Å². The van der Waals surface area contributed by atoms with Crippen molar-refractivity contribution in [1.29, 1.82) is 5.26 Å². The molecule has 118 valence electrons. The van der Waals surface area contributed by atoms with E-state index in [1.54, 1.807) is 0 Å². The van der Waals surface area contributed by atoms with Gasteiger partial charge in [0.05, 0.1) is 12.5 Å². The largest absolute Gasteiger partial charge is 0.494 e. The molecule has 0 aromatic heterocycles. The number of ether oxygens (including phenoxy) is 2. The monoisotopic (exact) mass is 310 g/mol. The van der Waals surface area contributed by atoms with Gasteiger partial charge in [0, 0.05) is 24.0 Å². The minimum atomic E-state index is -0.515. The highest BCUT2D eigenvalue weighted by atomic mass is 16.5. The lowest BCUT2D eigenvalue weighted by molar-refractivity contribution is -0.116. The van der Waals surface area contributed by atoms with E-state index >= 15 is 0 Å². The van der Waals surface area contributed by atoms with Crippen molar-refractivity contribution < 1.29 is 14.3 Å². The maximum atomic E-state index is 12.5. The summed E-state index contributed by atoms with van der Waals surface area (Å²) in [6.45, 7) is 2.40. The summed E-state index contributed by atoms with van der Waals surface area (Å²) in [5.74, 6) is 0.834. The van der Waals surface area contributed by atoms with Crippen LogP contribution in [0.25, 0.3) is 0 Å². The summed E-state index contributed by atoms with van der Waals surface area (Å²) in [6, 6.07) is 9.56. The number of hydrogen-bond donors (Lipinski definition) is 1. The molecule has 5 nitrogen and oxygen atoms in total. The number of benzene rings is 1. The lowest BCUT2D eigenvalue weighted by Gasteiger charge is -2.31. The maximum absolute atomic E-state index is 12.5. The molecule has 2 aliphatic rings. The lowest BCUT2D eigenvalue weighted by atomic mass is 9.77. The van der Waals surface area contributed by atoms with Crippen LogP contribution in [0.4, 0.5) is 0 Å². The Kier molecular flexibility index (Phi) is 4.07. The summed E-state index contributed by atoms with van der Waals surface area (Å²) in [7, 11) is 0. The fourth-order valence-electron chi connectivity index (χ4n) is 3.17. The van der Waals surface area contributed by atoms with Crippen LogP contribution in [0, 0.1) is 11.3 Å². The second-order valence-electron chi connectivity index (χ2n) is 5.51. The lowest BCUT2D eigenvalue weighted by Crippen LogP contribution is -2.27. The number of nitriles is 1. The van der Waals surface area contributed by atoms with E-state index in [0.29, 0.717) is 36.5 Å². The van der Waals surface area contributed by atoms with E-state index in [0.717, 1.165) is 12.0 Å². The number of ketones is 1. The zero-order valence-electron chi connectivity index (χ0n) is 13.0. The van der Waals surface area contributed by atoms with E-state index < -0.39 is 5.92 Å². The highest BCUT2D eigenvalue weighted by Crippen LogP contribution is 2.45. The fourth-order valence-corrected chi connectivity index (χ4v) is 3.17. The molecule has 0 unspecified atom stereocenters. The average molecular weight is 310 g/mol. The van der Waals surface area contributed by atoms with E-state index in [4.69, 9.17) is 15.2 Å². The van der Waals surface area contributed by atoms with Gasteiger partial charge in [0.1, 0.15) is 23.2 Å². The summed E-state index contributed by atoms with van der Waals surface area (Å²) in [4.78, 5) is 12.5. The molecule has 23 heavy (non-hydrogen) atoms. The molecule has 1 aromatic rings. The summed E-state index contributed by atoms with van der Waals surface area (Å²) < 4.78 is 11.3. The zero-order chi connectivity index (χ0) is 16.4. The predicted octanol–water partition coefficient (Wildman–Crippen LogP) is 2.90. The second kappa shape index (κ2) is 6.17. The summed E-state index contributed by atoms with van der Waals surface area (Å²) >= 11 is 0. The molecular weight excluding hydrogens is 292 g/mol. The van der Waals surface area contributed by atoms with Crippen molar-refractivity contribution in [3.05, 3.63) is 52.6 Å². The molecule has 1 aromatic carbocycles. The zero-order valence-corrected chi connectivity index (χ0v) is 13.0. The normalized spacial score (nSPS) is 20.7. The van der Waals surface area contributed by atoms with Crippen molar-refractivity contribution in [3.8, 4) is 11.8 Å². The van der Waals surface area contributed by atoms with E-state index in [1.165, 1.54) is 0 Å². The molecule has 0 amide bonds. The molecule has 2 N–H and O–H groups in total. The fraction of sp³-hybridized carbons (Fsp3) is 0.333. The summed E-state index contributed by atoms with van der Waals surface area (Å²) in [6.07, 6.45) is 1.87. The minimum absolute atomic E-state index is 0.0165. The van der Waals surface area contributed by atoms with Crippen LogP contribution in [0.5, 0.6) is 5.75 Å². The smallest absolute Gasteiger partial charge is 0.205 e. The molecule has 0 fully saturated rings. The van der Waals surface area contributed by atoms with Crippen molar-refractivity contribution in [2.75, 3.05) is 6.61 Å². The Morgan fingerprint density at radius 3 is 2.91 bits per heavy atom. The highest BCUT2D eigenvalue weighted by molar-refractivity contribution is 5.99. The van der Waals surface area contributed by atoms with E-state index in [1.807, 2.05) is 31.2 Å². The number of nitrogens with zero attached hydrogens (tertiary/aromatic N) is 1. The Labute approximate surface area is 135 Å². The third-order valence-corrected chi connectivity index (χ3v) is 4.13. The van der Waals surface area contributed by atoms with Crippen molar-refractivity contribution in [3.63, 3.8) is 0 Å². The third kappa shape index (κ3) is 2.57. The van der Waals surface area contributed by atoms with Crippen LogP contribution < -0.4 is 10.5 Å². The molecule has 1 aliphatic carbocycles. The molecule has 0 saturated heterocycles. The molecule has 0 spiro atoms. The van der Waals surface area contributed by atoms with Gasteiger partial charge in [-0.2, -0.15) is 5.26 Å². The van der Waals surface area contributed by atoms with Crippen LogP contribution in [0.1, 0.15) is 37.7 Å². The SMILES string of the molecule is CCOc1ccccc1[C@H]1C(C#N)=C(N)OC2=C1C(=O)CCC2. The van der Waals surface area contributed by atoms with Crippen molar-refractivity contribution in [1.82, 2.24) is 0 Å². The van der Waals surface area contributed by atoms with Crippen molar-refractivity contribution >= 4 is 5.78 Å². The van der Waals surface area contributed by atoms with E-state index in [2.05, 4.69) is 6.07 Å². The van der Waals surface area contributed by atoms with Crippen LogP contribution in [-0.2, 0) is 9.53 Å². The van der Waals surface area contributed by atoms with E-state index in [-0.39, 0.29) is 17.2 Å². The number of carbonyl (C=O) groups is 1. The van der Waals surface area contributed by atoms with Gasteiger partial charge in [-0.3, -0.25) is 4.79 Å². The van der Waals surface area contributed by atoms with Gasteiger partial charge in [-0.25, -0.2) is 0 Å². The number of nitrogens with two attached hydrogens (primary N) is 1. The first kappa shape index (κ1) is 15.2. The van der Waals surface area contributed by atoms with Gasteiger partial charge in [-0.05, 0) is 19.4 Å². The summed E-state index contributed by atoms with van der Waals surface area (Å²) in [5, 5.41) is 9.55. The van der Waals surface area contributed by atoms with Crippen LogP contribution in [0.15, 0.2) is 47.1 Å². The molecular formula is C18H18N2O3. The van der Waals surface area contributed by atoms with Crippen molar-refractivity contribution in [2.45, 2.75) is 32.1 Å². The molecule has 3 rings (SSSR count). The number of carbonyl (C=O) groups excluding carboxylic acids is 1. The molecule has 5 heteroatoms. The first-order valence-corrected chi connectivity index (χ1v) is 7.73. The molecule has 1 aliphatic heterocycles. The van der Waals surface area contributed by atoms with Gasteiger partial charge in [0.2, 0.25) is 5.88 Å². The van der Waals surface area contributed by atoms with Crippen LogP contribution in [0.2, 0.25) is 0 Å². The quantitative estimate of drug-likeness (QED) is 0.927. The number of Topliss-reactive ketones (excluding diaryl/α,β-unsaturated/α-hetero) is 1. The topological polar surface area (TPSA) is 85.3 Å². The van der Waals surface area contributed by atoms with E-state index in [9.17, 15) is 10.1 Å². The average Bonchev–Trinajstić information content (AvgIpc) is 2.55. The molecule has 1 heterocycles. The Balaban J connectivity index is 2.20. The molecule has 1 atom stereocenters. The Morgan fingerprint density at radius 1 is 1.39 bits per heavy atom. The highest BCUT2D eigenvalue weighted by Gasteiger charge is 2.39. The number of rotatable bonds is 3. The Hall–Kier alpha value is -2.74. The summed E-state index contributed by atoms with van der Waals surface area (Å²) in [5.41, 5.74) is 7.54. The predicted molar refractivity (Wildman–Crippen MR) is 84.1 cm³/mol. The van der Waals surface area contributed by atoms with Gasteiger partial charge in [-0.15, -0.1) is 0 Å². The molecule has 0 radical (unpaired) electrons. The standard InChI is InChI=1S/C18H18N2O3/c1-2-22-14-8-4-3-6-11(14)16-12(10-19)18(20)23-15-9-5-7-13(21)17(15)16/h3-4,6,8,16H,2,5,7,9,20H2,1H3/t16-/m0/s1. The first-order chi connectivity index (χ1) is 11.2.